The summed E-state index contributed by atoms with van der Waals surface area (Å²) >= 11 is 0. The lowest BCUT2D eigenvalue weighted by Gasteiger charge is -2.09. The number of benzene rings is 1. The molecule has 184 valence electrons. The van der Waals surface area contributed by atoms with E-state index in [0.717, 1.165) is 9.08 Å². The number of aryl methyl sites for hydroxylation is 1. The molecule has 5 aromatic rings. The molecule has 0 saturated heterocycles. The number of aromatic nitrogens is 6. The van der Waals surface area contributed by atoms with Crippen LogP contribution in [0.3, 0.4) is 0 Å². The molecule has 0 unspecified atom stereocenters. The number of nitrogens with two attached hydrogens (primary N) is 1. The molecule has 0 radical (unpaired) electrons. The van der Waals surface area contributed by atoms with Gasteiger partial charge in [-0.3, -0.25) is 4.79 Å². The Hall–Kier alpha value is -4.75. The third-order valence-corrected chi connectivity index (χ3v) is 5.51. The van der Waals surface area contributed by atoms with Gasteiger partial charge in [0.25, 0.3) is 0 Å². The van der Waals surface area contributed by atoms with E-state index in [1.54, 1.807) is 0 Å². The zero-order valence-corrected chi connectivity index (χ0v) is 18.4. The molecule has 0 atom stereocenters. The van der Waals surface area contributed by atoms with E-state index < -0.39 is 35.7 Å². The number of nitrogen functional groups attached to an aromatic ring is 1. The second kappa shape index (κ2) is 8.18. The summed E-state index contributed by atoms with van der Waals surface area (Å²) in [5, 5.41) is 2.78. The number of pyridine rings is 1. The minimum atomic E-state index is -4.81. The van der Waals surface area contributed by atoms with Crippen molar-refractivity contribution in [3.05, 3.63) is 87.1 Å². The highest BCUT2D eigenvalue weighted by atomic mass is 19.4. The maximum absolute atomic E-state index is 13.6. The van der Waals surface area contributed by atoms with Gasteiger partial charge in [0.05, 0.1) is 5.56 Å². The van der Waals surface area contributed by atoms with E-state index in [1.165, 1.54) is 54.2 Å². The molecular formula is C22H16F4N7O3+. The van der Waals surface area contributed by atoms with Gasteiger partial charge >= 0.3 is 17.8 Å². The van der Waals surface area contributed by atoms with Crippen molar-refractivity contribution in [1.29, 1.82) is 0 Å². The van der Waals surface area contributed by atoms with Crippen LogP contribution in [-0.2, 0) is 19.8 Å². The maximum Gasteiger partial charge on any atom is 0.451 e. The summed E-state index contributed by atoms with van der Waals surface area (Å²) in [4.78, 5) is 33.1. The molecule has 3 N–H and O–H groups in total. The lowest BCUT2D eigenvalue weighted by Crippen LogP contribution is -2.44. The molecule has 10 nitrogen and oxygen atoms in total. The molecule has 0 saturated carbocycles. The highest BCUT2D eigenvalue weighted by molar-refractivity contribution is 5.88. The second-order valence-electron chi connectivity index (χ2n) is 7.86. The summed E-state index contributed by atoms with van der Waals surface area (Å²) in [5.41, 5.74) is 5.97. The third kappa shape index (κ3) is 3.81. The molecule has 0 aliphatic heterocycles. The van der Waals surface area contributed by atoms with Crippen LogP contribution in [-0.4, -0.2) is 24.3 Å². The van der Waals surface area contributed by atoms with Crippen molar-refractivity contribution in [2.75, 3.05) is 5.73 Å². The van der Waals surface area contributed by atoms with Crippen LogP contribution in [0.15, 0.2) is 63.0 Å². The van der Waals surface area contributed by atoms with Gasteiger partial charge in [-0.1, -0.05) is 0 Å². The van der Waals surface area contributed by atoms with Gasteiger partial charge in [-0.05, 0) is 30.3 Å². The van der Waals surface area contributed by atoms with Gasteiger partial charge in [-0.25, -0.2) is 19.3 Å². The van der Waals surface area contributed by atoms with Crippen molar-refractivity contribution in [3.8, 4) is 22.4 Å². The van der Waals surface area contributed by atoms with Crippen molar-refractivity contribution in [1.82, 2.24) is 24.3 Å². The van der Waals surface area contributed by atoms with Crippen LogP contribution >= 0.6 is 0 Å². The number of nitrogens with zero attached hydrogens (tertiary/aromatic N) is 5. The molecule has 0 bridgehead atoms. The zero-order valence-electron chi connectivity index (χ0n) is 18.4. The molecule has 4 heterocycles. The molecule has 0 aliphatic rings. The van der Waals surface area contributed by atoms with Gasteiger partial charge in [0.2, 0.25) is 17.0 Å². The SMILES string of the molecule is Cn1cc(-c2c(-c3ccc(F)cc3)nc(N)[n+]3c(=O)n(Cc4ncoc4C(F)(F)F)[nH]c23)ccc1=O. The lowest BCUT2D eigenvalue weighted by atomic mass is 10.0. The molecule has 0 amide bonds. The zero-order chi connectivity index (χ0) is 25.8. The fraction of sp³-hybridized carbons (Fsp3) is 0.136. The Kier molecular flexibility index (Phi) is 5.23. The molecule has 0 spiro atoms. The minimum absolute atomic E-state index is 0.0857. The quantitative estimate of drug-likeness (QED) is 0.286. The Morgan fingerprint density at radius 1 is 1.11 bits per heavy atom. The molecule has 4 aromatic heterocycles. The first-order valence-corrected chi connectivity index (χ1v) is 10.3. The molecule has 14 heteroatoms. The fourth-order valence-corrected chi connectivity index (χ4v) is 3.86. The largest absolute Gasteiger partial charge is 0.451 e. The number of hydrogen-bond acceptors (Lipinski definition) is 6. The number of rotatable bonds is 4. The first kappa shape index (κ1) is 23.0. The Balaban J connectivity index is 1.79. The number of fused-ring (bicyclic) bond motifs is 1. The van der Waals surface area contributed by atoms with Gasteiger partial charge in [-0.2, -0.15) is 17.9 Å². The lowest BCUT2D eigenvalue weighted by molar-refractivity contribution is -0.516. The molecule has 0 fully saturated rings. The number of halogens is 4. The van der Waals surface area contributed by atoms with Gasteiger partial charge in [0, 0.05) is 30.4 Å². The first-order chi connectivity index (χ1) is 17.0. The summed E-state index contributed by atoms with van der Waals surface area (Å²) < 4.78 is 61.0. The standard InChI is InChI=1S/C22H15F4N7O3/c1-31-8-12(4-7-15(31)34)16-17(11-2-5-13(23)6-3-11)29-20(27)33-19(16)30-32(21(33)35)9-14-18(22(24,25)26)36-10-28-14/h2-8,10H,9H2,1H3,(H2,27,29,30)/p+1. The topological polar surface area (TPSA) is 129 Å². The van der Waals surface area contributed by atoms with E-state index >= 15 is 0 Å². The van der Waals surface area contributed by atoms with Gasteiger partial charge < -0.3 is 14.7 Å². The van der Waals surface area contributed by atoms with Crippen LogP contribution in [0.5, 0.6) is 0 Å². The van der Waals surface area contributed by atoms with Crippen LogP contribution in [0.4, 0.5) is 23.5 Å². The number of oxazole rings is 1. The van der Waals surface area contributed by atoms with Crippen LogP contribution in [0, 0.1) is 5.82 Å². The third-order valence-electron chi connectivity index (χ3n) is 5.51. The van der Waals surface area contributed by atoms with Gasteiger partial charge in [-0.15, -0.1) is 9.38 Å². The summed E-state index contributed by atoms with van der Waals surface area (Å²) in [7, 11) is 1.52. The molecule has 1 aromatic carbocycles. The average Bonchev–Trinajstić information content (AvgIpc) is 3.42. The van der Waals surface area contributed by atoms with E-state index in [4.69, 9.17) is 5.73 Å². The van der Waals surface area contributed by atoms with Crippen molar-refractivity contribution in [2.45, 2.75) is 12.7 Å². The van der Waals surface area contributed by atoms with Crippen molar-refractivity contribution in [2.24, 2.45) is 7.05 Å². The van der Waals surface area contributed by atoms with E-state index in [2.05, 4.69) is 19.5 Å². The number of anilines is 1. The van der Waals surface area contributed by atoms with E-state index in [-0.39, 0.29) is 22.8 Å². The highest BCUT2D eigenvalue weighted by Gasteiger charge is 2.39. The predicted molar refractivity (Wildman–Crippen MR) is 117 cm³/mol. The second-order valence-corrected chi connectivity index (χ2v) is 7.86. The first-order valence-electron chi connectivity index (χ1n) is 10.3. The van der Waals surface area contributed by atoms with Gasteiger partial charge in [0.1, 0.15) is 23.7 Å². The number of H-pyrrole nitrogens is 1. The van der Waals surface area contributed by atoms with Crippen molar-refractivity contribution >= 4 is 11.6 Å². The predicted octanol–water partition coefficient (Wildman–Crippen LogP) is 2.12. The van der Waals surface area contributed by atoms with E-state index in [0.29, 0.717) is 23.1 Å². The Morgan fingerprint density at radius 2 is 1.81 bits per heavy atom. The van der Waals surface area contributed by atoms with Crippen LogP contribution in [0.1, 0.15) is 11.5 Å². The van der Waals surface area contributed by atoms with Crippen LogP contribution in [0.25, 0.3) is 28.0 Å². The van der Waals surface area contributed by atoms with Gasteiger partial charge in [0.15, 0.2) is 6.39 Å². The minimum Gasteiger partial charge on any atom is -0.438 e. The molecule has 5 rings (SSSR count). The van der Waals surface area contributed by atoms with Crippen molar-refractivity contribution < 1.29 is 26.4 Å². The van der Waals surface area contributed by atoms with Crippen molar-refractivity contribution in [3.63, 3.8) is 0 Å². The highest BCUT2D eigenvalue weighted by Crippen LogP contribution is 2.33. The summed E-state index contributed by atoms with van der Waals surface area (Å²) in [6.07, 6.45) is -2.68. The number of alkyl halides is 3. The summed E-state index contributed by atoms with van der Waals surface area (Å²) in [6, 6.07) is 8.14. The summed E-state index contributed by atoms with van der Waals surface area (Å²) in [6.45, 7) is -0.607. The Morgan fingerprint density at radius 3 is 2.47 bits per heavy atom. The Bertz CT molecular complexity index is 1730. The monoisotopic (exact) mass is 502 g/mol. The molecular weight excluding hydrogens is 486 g/mol. The molecule has 36 heavy (non-hydrogen) atoms. The average molecular weight is 502 g/mol. The van der Waals surface area contributed by atoms with E-state index in [1.807, 2.05) is 0 Å². The van der Waals surface area contributed by atoms with Crippen LogP contribution < -0.4 is 21.4 Å². The van der Waals surface area contributed by atoms with Crippen LogP contribution in [0.2, 0.25) is 0 Å². The number of aromatic amines is 1. The smallest absolute Gasteiger partial charge is 0.438 e. The maximum atomic E-state index is 13.6. The number of nitrogens with one attached hydrogen (secondary N) is 1. The molecule has 0 aliphatic carbocycles. The fourth-order valence-electron chi connectivity index (χ4n) is 3.86. The Labute approximate surface area is 197 Å². The van der Waals surface area contributed by atoms with E-state index in [9.17, 15) is 27.2 Å². The normalized spacial score (nSPS) is 11.9. The number of hydrogen-bond donors (Lipinski definition) is 2. The summed E-state index contributed by atoms with van der Waals surface area (Å²) in [5.74, 6) is -2.10.